The number of carbonyl (C=O) groups is 2. The van der Waals surface area contributed by atoms with Gasteiger partial charge in [0.2, 0.25) is 11.8 Å². The summed E-state index contributed by atoms with van der Waals surface area (Å²) in [6.07, 6.45) is -4.43. The molecule has 4 nitrogen and oxygen atoms in total. The maximum absolute atomic E-state index is 13.3. The Morgan fingerprint density at radius 1 is 1.00 bits per heavy atom. The summed E-state index contributed by atoms with van der Waals surface area (Å²) >= 11 is 0. The predicted octanol–water partition coefficient (Wildman–Crippen LogP) is 3.60. The zero-order valence-electron chi connectivity index (χ0n) is 15.0. The average molecular weight is 394 g/mol. The third-order valence-corrected chi connectivity index (χ3v) is 4.68. The van der Waals surface area contributed by atoms with Crippen molar-refractivity contribution in [2.75, 3.05) is 6.54 Å². The van der Waals surface area contributed by atoms with Crippen LogP contribution in [0.1, 0.15) is 23.6 Å². The minimum absolute atomic E-state index is 0.0394. The summed E-state index contributed by atoms with van der Waals surface area (Å²) < 4.78 is 51.3. The first-order chi connectivity index (χ1) is 13.1. The highest BCUT2D eigenvalue weighted by atomic mass is 19.4. The maximum Gasteiger partial charge on any atom is 0.416 e. The molecule has 0 saturated carbocycles. The van der Waals surface area contributed by atoms with E-state index < -0.39 is 23.6 Å². The van der Waals surface area contributed by atoms with Crippen LogP contribution in [0.3, 0.4) is 0 Å². The first-order valence-electron chi connectivity index (χ1n) is 8.64. The Bertz CT molecular complexity index is 881. The average Bonchev–Trinajstić information content (AvgIpc) is 2.63. The van der Waals surface area contributed by atoms with E-state index in [-0.39, 0.29) is 31.4 Å². The Morgan fingerprint density at radius 2 is 1.68 bits per heavy atom. The van der Waals surface area contributed by atoms with E-state index in [1.165, 1.54) is 40.1 Å². The van der Waals surface area contributed by atoms with Gasteiger partial charge in [-0.15, -0.1) is 0 Å². The molecule has 1 fully saturated rings. The van der Waals surface area contributed by atoms with E-state index >= 15 is 0 Å². The van der Waals surface area contributed by atoms with Crippen molar-refractivity contribution in [3.8, 4) is 0 Å². The number of nitrogens with zero attached hydrogens (tertiary/aromatic N) is 2. The molecule has 1 atom stereocenters. The summed E-state index contributed by atoms with van der Waals surface area (Å²) in [4.78, 5) is 27.9. The van der Waals surface area contributed by atoms with Crippen molar-refractivity contribution in [1.82, 2.24) is 9.80 Å². The van der Waals surface area contributed by atoms with Crippen molar-refractivity contribution in [1.29, 1.82) is 0 Å². The summed E-state index contributed by atoms with van der Waals surface area (Å²) in [5.74, 6) is -1.04. The van der Waals surface area contributed by atoms with Gasteiger partial charge in [-0.3, -0.25) is 9.59 Å². The molecule has 1 aliphatic rings. The Hall–Kier alpha value is -2.90. The molecule has 2 aromatic carbocycles. The molecule has 0 radical (unpaired) electrons. The SMILES string of the molecule is C[C@H]1C(=O)N(Cc2cccc(F)c2)CC(=O)N1Cc1ccc(C(F)(F)F)cc1. The minimum Gasteiger partial charge on any atom is -0.327 e. The lowest BCUT2D eigenvalue weighted by molar-refractivity contribution is -0.156. The number of alkyl halides is 3. The zero-order chi connectivity index (χ0) is 20.5. The topological polar surface area (TPSA) is 40.6 Å². The van der Waals surface area contributed by atoms with Crippen LogP contribution in [0.25, 0.3) is 0 Å². The van der Waals surface area contributed by atoms with E-state index in [1.807, 2.05) is 0 Å². The van der Waals surface area contributed by atoms with Crippen molar-refractivity contribution in [2.45, 2.75) is 32.2 Å². The molecule has 2 aromatic rings. The first-order valence-corrected chi connectivity index (χ1v) is 8.64. The molecule has 1 aliphatic heterocycles. The van der Waals surface area contributed by atoms with Gasteiger partial charge < -0.3 is 9.80 Å². The standard InChI is InChI=1S/C20H18F4N2O2/c1-13-19(28)25(10-15-3-2-4-17(21)9-15)12-18(27)26(13)11-14-5-7-16(8-6-14)20(22,23)24/h2-9,13H,10-12H2,1H3/t13-/m0/s1. The van der Waals surface area contributed by atoms with Gasteiger partial charge in [-0.05, 0) is 42.3 Å². The Labute approximate surface area is 159 Å². The Morgan fingerprint density at radius 3 is 2.29 bits per heavy atom. The molecule has 3 rings (SSSR count). The second-order valence-corrected chi connectivity index (χ2v) is 6.72. The fourth-order valence-electron chi connectivity index (χ4n) is 3.16. The van der Waals surface area contributed by atoms with Crippen molar-refractivity contribution in [2.24, 2.45) is 0 Å². The fraction of sp³-hybridized carbons (Fsp3) is 0.300. The van der Waals surface area contributed by atoms with Crippen molar-refractivity contribution < 1.29 is 27.2 Å². The summed E-state index contributed by atoms with van der Waals surface area (Å²) in [6.45, 7) is 1.56. The lowest BCUT2D eigenvalue weighted by Crippen LogP contribution is -2.58. The van der Waals surface area contributed by atoms with Gasteiger partial charge in [0.1, 0.15) is 18.4 Å². The highest BCUT2D eigenvalue weighted by Crippen LogP contribution is 2.29. The van der Waals surface area contributed by atoms with E-state index in [9.17, 15) is 27.2 Å². The van der Waals surface area contributed by atoms with Gasteiger partial charge in [0.15, 0.2) is 0 Å². The van der Waals surface area contributed by atoms with Crippen LogP contribution < -0.4 is 0 Å². The van der Waals surface area contributed by atoms with Crippen LogP contribution in [0.2, 0.25) is 0 Å². The first kappa shape index (κ1) is 19.9. The monoisotopic (exact) mass is 394 g/mol. The third kappa shape index (κ3) is 4.32. The van der Waals surface area contributed by atoms with E-state index in [4.69, 9.17) is 0 Å². The molecular weight excluding hydrogens is 376 g/mol. The number of amides is 2. The van der Waals surface area contributed by atoms with Gasteiger partial charge in [-0.2, -0.15) is 13.2 Å². The highest BCUT2D eigenvalue weighted by Gasteiger charge is 2.36. The highest BCUT2D eigenvalue weighted by molar-refractivity contribution is 5.94. The van der Waals surface area contributed by atoms with Crippen LogP contribution in [-0.4, -0.2) is 34.2 Å². The largest absolute Gasteiger partial charge is 0.416 e. The number of halogens is 4. The number of benzene rings is 2. The normalized spacial score (nSPS) is 18.0. The van der Waals surface area contributed by atoms with Gasteiger partial charge in [-0.1, -0.05) is 24.3 Å². The molecule has 8 heteroatoms. The molecule has 0 N–H and O–H groups in total. The molecule has 0 spiro atoms. The van der Waals surface area contributed by atoms with Crippen LogP contribution in [0.4, 0.5) is 17.6 Å². The summed E-state index contributed by atoms with van der Waals surface area (Å²) in [6, 6.07) is 9.52. The molecule has 0 bridgehead atoms. The van der Waals surface area contributed by atoms with Crippen molar-refractivity contribution >= 4 is 11.8 Å². The van der Waals surface area contributed by atoms with Gasteiger partial charge in [-0.25, -0.2) is 4.39 Å². The second kappa shape index (κ2) is 7.61. The third-order valence-electron chi connectivity index (χ3n) is 4.68. The van der Waals surface area contributed by atoms with E-state index in [0.717, 1.165) is 12.1 Å². The van der Waals surface area contributed by atoms with E-state index in [2.05, 4.69) is 0 Å². The quantitative estimate of drug-likeness (QED) is 0.744. The van der Waals surface area contributed by atoms with Crippen molar-refractivity contribution in [3.05, 3.63) is 71.0 Å². The van der Waals surface area contributed by atoms with E-state index in [0.29, 0.717) is 11.1 Å². The zero-order valence-corrected chi connectivity index (χ0v) is 15.0. The van der Waals surface area contributed by atoms with E-state index in [1.54, 1.807) is 13.0 Å². The molecule has 0 aromatic heterocycles. The summed E-state index contributed by atoms with van der Waals surface area (Å²) in [5, 5.41) is 0. The molecule has 0 aliphatic carbocycles. The molecule has 148 valence electrons. The van der Waals surface area contributed by atoms with Crippen LogP contribution in [0, 0.1) is 5.82 Å². The van der Waals surface area contributed by atoms with Crippen LogP contribution in [0.5, 0.6) is 0 Å². The van der Waals surface area contributed by atoms with Gasteiger partial charge >= 0.3 is 6.18 Å². The molecule has 1 heterocycles. The summed E-state index contributed by atoms with van der Waals surface area (Å²) in [5.41, 5.74) is 0.302. The van der Waals surface area contributed by atoms with Gasteiger partial charge in [0, 0.05) is 13.1 Å². The van der Waals surface area contributed by atoms with Crippen LogP contribution in [-0.2, 0) is 28.9 Å². The van der Waals surface area contributed by atoms with Gasteiger partial charge in [0.05, 0.1) is 5.56 Å². The van der Waals surface area contributed by atoms with Crippen molar-refractivity contribution in [3.63, 3.8) is 0 Å². The Kier molecular flexibility index (Phi) is 5.40. The van der Waals surface area contributed by atoms with Gasteiger partial charge in [0.25, 0.3) is 0 Å². The lowest BCUT2D eigenvalue weighted by Gasteiger charge is -2.39. The maximum atomic E-state index is 13.3. The smallest absolute Gasteiger partial charge is 0.327 e. The molecule has 2 amide bonds. The number of rotatable bonds is 4. The fourth-order valence-corrected chi connectivity index (χ4v) is 3.16. The molecule has 28 heavy (non-hydrogen) atoms. The van der Waals surface area contributed by atoms with Crippen LogP contribution in [0.15, 0.2) is 48.5 Å². The lowest BCUT2D eigenvalue weighted by atomic mass is 10.1. The summed E-state index contributed by atoms with van der Waals surface area (Å²) in [7, 11) is 0. The molecular formula is C20H18F4N2O2. The number of hydrogen-bond donors (Lipinski definition) is 0. The predicted molar refractivity (Wildman–Crippen MR) is 93.3 cm³/mol. The number of piperazine rings is 1. The van der Waals surface area contributed by atoms with Crippen LogP contribution >= 0.6 is 0 Å². The minimum atomic E-state index is -4.43. The molecule has 0 unspecified atom stereocenters. The number of hydrogen-bond acceptors (Lipinski definition) is 2. The molecule has 1 saturated heterocycles. The Balaban J connectivity index is 1.70. The number of carbonyl (C=O) groups excluding carboxylic acids is 2. The second-order valence-electron chi connectivity index (χ2n) is 6.72.